The fourth-order valence-corrected chi connectivity index (χ4v) is 2.59. The van der Waals surface area contributed by atoms with Crippen molar-refractivity contribution in [2.24, 2.45) is 5.92 Å². The zero-order valence-electron chi connectivity index (χ0n) is 11.0. The molecule has 1 N–H and O–H groups in total. The van der Waals surface area contributed by atoms with E-state index in [0.29, 0.717) is 6.04 Å². The van der Waals surface area contributed by atoms with Gasteiger partial charge in [-0.05, 0) is 56.3 Å². The van der Waals surface area contributed by atoms with Crippen molar-refractivity contribution in [3.8, 4) is 0 Å². The van der Waals surface area contributed by atoms with Crippen LogP contribution in [0.15, 0.2) is 24.3 Å². The number of likely N-dealkylation sites (N-methyl/N-ethyl adjacent to an activating group) is 1. The molecule has 1 atom stereocenters. The van der Waals surface area contributed by atoms with Gasteiger partial charge in [0.15, 0.2) is 0 Å². The van der Waals surface area contributed by atoms with Crippen LogP contribution in [-0.2, 0) is 11.2 Å². The van der Waals surface area contributed by atoms with Gasteiger partial charge in [0.05, 0.1) is 0 Å². The van der Waals surface area contributed by atoms with Crippen molar-refractivity contribution in [2.45, 2.75) is 31.7 Å². The first-order valence-electron chi connectivity index (χ1n) is 6.77. The lowest BCUT2D eigenvalue weighted by Gasteiger charge is -2.26. The Kier molecular flexibility index (Phi) is 5.14. The topological polar surface area (TPSA) is 21.3 Å². The smallest absolute Gasteiger partial charge is 0.123 e. The quantitative estimate of drug-likeness (QED) is 0.869. The number of benzene rings is 1. The van der Waals surface area contributed by atoms with Crippen molar-refractivity contribution < 1.29 is 9.13 Å². The highest BCUT2D eigenvalue weighted by atomic mass is 19.1. The van der Waals surface area contributed by atoms with Crippen LogP contribution in [0.25, 0.3) is 0 Å². The molecule has 0 amide bonds. The van der Waals surface area contributed by atoms with Crippen LogP contribution in [-0.4, -0.2) is 26.3 Å². The fourth-order valence-electron chi connectivity index (χ4n) is 2.59. The van der Waals surface area contributed by atoms with Gasteiger partial charge in [0, 0.05) is 19.3 Å². The van der Waals surface area contributed by atoms with Gasteiger partial charge in [-0.15, -0.1) is 0 Å². The Morgan fingerprint density at radius 2 is 1.94 bits per heavy atom. The zero-order valence-corrected chi connectivity index (χ0v) is 11.0. The van der Waals surface area contributed by atoms with Gasteiger partial charge in [0.2, 0.25) is 0 Å². The van der Waals surface area contributed by atoms with E-state index in [2.05, 4.69) is 5.32 Å². The summed E-state index contributed by atoms with van der Waals surface area (Å²) in [5.74, 6) is 0.598. The van der Waals surface area contributed by atoms with Crippen LogP contribution < -0.4 is 5.32 Å². The Hall–Kier alpha value is -0.930. The van der Waals surface area contributed by atoms with Gasteiger partial charge in [-0.3, -0.25) is 0 Å². The lowest BCUT2D eigenvalue weighted by atomic mass is 9.90. The minimum atomic E-state index is -0.163. The van der Waals surface area contributed by atoms with Crippen molar-refractivity contribution in [1.29, 1.82) is 0 Å². The molecule has 0 spiro atoms. The molecule has 2 rings (SSSR count). The summed E-state index contributed by atoms with van der Waals surface area (Å²) in [7, 11) is 2.01. The second-order valence-electron chi connectivity index (χ2n) is 5.11. The third kappa shape index (κ3) is 4.07. The average molecular weight is 251 g/mol. The summed E-state index contributed by atoms with van der Waals surface area (Å²) in [5, 5.41) is 3.38. The van der Waals surface area contributed by atoms with Gasteiger partial charge >= 0.3 is 0 Å². The Labute approximate surface area is 109 Å². The maximum absolute atomic E-state index is 12.8. The predicted molar refractivity (Wildman–Crippen MR) is 71.1 cm³/mol. The Bertz CT molecular complexity index is 346. The maximum Gasteiger partial charge on any atom is 0.123 e. The van der Waals surface area contributed by atoms with Crippen molar-refractivity contribution in [2.75, 3.05) is 20.3 Å². The Morgan fingerprint density at radius 1 is 1.28 bits per heavy atom. The second kappa shape index (κ2) is 6.86. The molecule has 1 aliphatic heterocycles. The average Bonchev–Trinajstić information content (AvgIpc) is 2.41. The molecule has 1 unspecified atom stereocenters. The molecule has 0 saturated carbocycles. The molecular weight excluding hydrogens is 229 g/mol. The van der Waals surface area contributed by atoms with E-state index in [1.165, 1.54) is 37.0 Å². The molecule has 100 valence electrons. The van der Waals surface area contributed by atoms with E-state index in [4.69, 9.17) is 4.74 Å². The number of rotatable bonds is 5. The van der Waals surface area contributed by atoms with Gasteiger partial charge in [0.25, 0.3) is 0 Å². The van der Waals surface area contributed by atoms with E-state index in [1.807, 2.05) is 19.2 Å². The third-order valence-electron chi connectivity index (χ3n) is 3.76. The van der Waals surface area contributed by atoms with Gasteiger partial charge in [-0.1, -0.05) is 12.1 Å². The molecule has 1 fully saturated rings. The highest BCUT2D eigenvalue weighted by molar-refractivity contribution is 5.17. The summed E-state index contributed by atoms with van der Waals surface area (Å²) in [4.78, 5) is 0. The summed E-state index contributed by atoms with van der Waals surface area (Å²) >= 11 is 0. The molecule has 1 heterocycles. The molecule has 3 heteroatoms. The van der Waals surface area contributed by atoms with Crippen molar-refractivity contribution in [1.82, 2.24) is 5.32 Å². The van der Waals surface area contributed by atoms with E-state index >= 15 is 0 Å². The molecule has 1 saturated heterocycles. The zero-order chi connectivity index (χ0) is 12.8. The Morgan fingerprint density at radius 3 is 2.56 bits per heavy atom. The third-order valence-corrected chi connectivity index (χ3v) is 3.76. The number of halogens is 1. The number of nitrogens with one attached hydrogen (secondary N) is 1. The lowest BCUT2D eigenvalue weighted by Crippen LogP contribution is -2.31. The number of ether oxygens (including phenoxy) is 1. The SMILES string of the molecule is CNC(Cc1ccc(F)cc1)CC1CCOCC1. The second-order valence-corrected chi connectivity index (χ2v) is 5.11. The molecular formula is C15H22FNO. The van der Waals surface area contributed by atoms with Crippen molar-refractivity contribution in [3.63, 3.8) is 0 Å². The van der Waals surface area contributed by atoms with E-state index in [-0.39, 0.29) is 5.82 Å². The first-order chi connectivity index (χ1) is 8.78. The van der Waals surface area contributed by atoms with Gasteiger partial charge < -0.3 is 10.1 Å². The normalized spacial score (nSPS) is 18.8. The molecule has 1 aromatic carbocycles. The molecule has 0 aliphatic carbocycles. The largest absolute Gasteiger partial charge is 0.381 e. The lowest BCUT2D eigenvalue weighted by molar-refractivity contribution is 0.0608. The van der Waals surface area contributed by atoms with Crippen LogP contribution in [0, 0.1) is 11.7 Å². The van der Waals surface area contributed by atoms with Crippen LogP contribution in [0.1, 0.15) is 24.8 Å². The molecule has 0 bridgehead atoms. The molecule has 18 heavy (non-hydrogen) atoms. The first kappa shape index (κ1) is 13.5. The van der Waals surface area contributed by atoms with Crippen LogP contribution in [0.4, 0.5) is 4.39 Å². The minimum Gasteiger partial charge on any atom is -0.381 e. The standard InChI is InChI=1S/C15H22FNO/c1-17-15(11-13-6-8-18-9-7-13)10-12-2-4-14(16)5-3-12/h2-5,13,15,17H,6-11H2,1H3. The maximum atomic E-state index is 12.8. The van der Waals surface area contributed by atoms with Gasteiger partial charge in [0.1, 0.15) is 5.82 Å². The van der Waals surface area contributed by atoms with Crippen molar-refractivity contribution in [3.05, 3.63) is 35.6 Å². The molecule has 0 radical (unpaired) electrons. The van der Waals surface area contributed by atoms with Crippen LogP contribution in [0.3, 0.4) is 0 Å². The number of hydrogen-bond donors (Lipinski definition) is 1. The summed E-state index contributed by atoms with van der Waals surface area (Å²) in [6.45, 7) is 1.80. The van der Waals surface area contributed by atoms with Crippen LogP contribution in [0.5, 0.6) is 0 Å². The summed E-state index contributed by atoms with van der Waals surface area (Å²) in [5.41, 5.74) is 1.20. The molecule has 1 aliphatic rings. The Balaban J connectivity index is 1.86. The van der Waals surface area contributed by atoms with E-state index in [1.54, 1.807) is 0 Å². The minimum absolute atomic E-state index is 0.163. The van der Waals surface area contributed by atoms with Gasteiger partial charge in [-0.2, -0.15) is 0 Å². The van der Waals surface area contributed by atoms with Crippen LogP contribution >= 0.6 is 0 Å². The van der Waals surface area contributed by atoms with Crippen LogP contribution in [0.2, 0.25) is 0 Å². The summed E-state index contributed by atoms with van der Waals surface area (Å²) in [6, 6.07) is 7.30. The van der Waals surface area contributed by atoms with Crippen molar-refractivity contribution >= 4 is 0 Å². The van der Waals surface area contributed by atoms with E-state index < -0.39 is 0 Å². The summed E-state index contributed by atoms with van der Waals surface area (Å²) in [6.07, 6.45) is 4.48. The molecule has 0 aromatic heterocycles. The summed E-state index contributed by atoms with van der Waals surface area (Å²) < 4.78 is 18.2. The van der Waals surface area contributed by atoms with E-state index in [9.17, 15) is 4.39 Å². The van der Waals surface area contributed by atoms with E-state index in [0.717, 1.165) is 25.6 Å². The predicted octanol–water partition coefficient (Wildman–Crippen LogP) is 2.77. The fraction of sp³-hybridized carbons (Fsp3) is 0.600. The monoisotopic (exact) mass is 251 g/mol. The number of hydrogen-bond acceptors (Lipinski definition) is 2. The molecule has 1 aromatic rings. The van der Waals surface area contributed by atoms with Gasteiger partial charge in [-0.25, -0.2) is 4.39 Å². The molecule has 2 nitrogen and oxygen atoms in total. The highest BCUT2D eigenvalue weighted by Crippen LogP contribution is 2.21. The first-order valence-corrected chi connectivity index (χ1v) is 6.77. The highest BCUT2D eigenvalue weighted by Gasteiger charge is 2.18.